The van der Waals surface area contributed by atoms with Crippen molar-refractivity contribution in [3.8, 4) is 5.75 Å². The van der Waals surface area contributed by atoms with Crippen molar-refractivity contribution in [1.82, 2.24) is 0 Å². The second-order valence-electron chi connectivity index (χ2n) is 6.34. The number of alkyl halides is 2. The zero-order valence-corrected chi connectivity index (χ0v) is 14.9. The number of aliphatic carboxylic acids is 1. The first-order chi connectivity index (χ1) is 12.7. The van der Waals surface area contributed by atoms with Crippen molar-refractivity contribution in [3.63, 3.8) is 0 Å². The quantitative estimate of drug-likeness (QED) is 0.641. The standard InChI is InChI=1S/C19H16F4O3S/c20-14-6-11(3-4-17(24)25)7-15(21)18(14)26-10-12-8-19(22,23)9-13(12)16-2-1-5-27-16/h1-2,5-7H,3-4,8-10H2,(H,24,25). The van der Waals surface area contributed by atoms with Gasteiger partial charge in [-0.1, -0.05) is 6.07 Å². The highest BCUT2D eigenvalue weighted by Gasteiger charge is 2.40. The topological polar surface area (TPSA) is 46.5 Å². The molecule has 0 bridgehead atoms. The van der Waals surface area contributed by atoms with Crippen molar-refractivity contribution in [1.29, 1.82) is 0 Å². The van der Waals surface area contributed by atoms with Gasteiger partial charge in [0, 0.05) is 24.1 Å². The number of aryl methyl sites for hydroxylation is 1. The third-order valence-corrected chi connectivity index (χ3v) is 5.16. The van der Waals surface area contributed by atoms with E-state index in [1.165, 1.54) is 11.3 Å². The van der Waals surface area contributed by atoms with Crippen LogP contribution < -0.4 is 4.74 Å². The fraction of sp³-hybridized carbons (Fsp3) is 0.316. The van der Waals surface area contributed by atoms with Crippen LogP contribution in [0.5, 0.6) is 5.75 Å². The highest BCUT2D eigenvalue weighted by atomic mass is 32.1. The summed E-state index contributed by atoms with van der Waals surface area (Å²) in [5.41, 5.74) is 0.954. The summed E-state index contributed by atoms with van der Waals surface area (Å²) in [7, 11) is 0. The number of thiophene rings is 1. The lowest BCUT2D eigenvalue weighted by molar-refractivity contribution is -0.136. The lowest BCUT2D eigenvalue weighted by atomic mass is 10.1. The predicted molar refractivity (Wildman–Crippen MR) is 93.2 cm³/mol. The molecule has 27 heavy (non-hydrogen) atoms. The molecule has 0 atom stereocenters. The maximum absolute atomic E-state index is 14.2. The summed E-state index contributed by atoms with van der Waals surface area (Å²) in [5, 5.41) is 10.4. The molecule has 0 fully saturated rings. The molecule has 144 valence electrons. The minimum absolute atomic E-state index is 0.0244. The third kappa shape index (κ3) is 4.68. The molecule has 0 unspecified atom stereocenters. The van der Waals surface area contributed by atoms with Crippen molar-refractivity contribution >= 4 is 22.9 Å². The minimum atomic E-state index is -2.91. The summed E-state index contributed by atoms with van der Waals surface area (Å²) in [4.78, 5) is 11.3. The van der Waals surface area contributed by atoms with E-state index in [1.54, 1.807) is 17.5 Å². The molecule has 0 aliphatic heterocycles. The van der Waals surface area contributed by atoms with E-state index in [1.807, 2.05) is 0 Å². The molecular formula is C19H16F4O3S. The Balaban J connectivity index is 1.77. The number of rotatable bonds is 7. The average Bonchev–Trinajstić information content (AvgIpc) is 3.19. The van der Waals surface area contributed by atoms with Crippen LogP contribution in [-0.2, 0) is 11.2 Å². The van der Waals surface area contributed by atoms with Crippen LogP contribution in [0.1, 0.15) is 29.7 Å². The molecule has 3 nitrogen and oxygen atoms in total. The van der Waals surface area contributed by atoms with Crippen LogP contribution in [0.2, 0.25) is 0 Å². The molecule has 3 rings (SSSR count). The van der Waals surface area contributed by atoms with Gasteiger partial charge in [0.25, 0.3) is 5.92 Å². The molecule has 8 heteroatoms. The smallest absolute Gasteiger partial charge is 0.303 e. The summed E-state index contributed by atoms with van der Waals surface area (Å²) in [6.45, 7) is -0.342. The first-order valence-corrected chi connectivity index (χ1v) is 9.08. The molecule has 0 amide bonds. The Bertz CT molecular complexity index is 852. The van der Waals surface area contributed by atoms with Crippen molar-refractivity contribution in [2.24, 2.45) is 0 Å². The monoisotopic (exact) mass is 400 g/mol. The van der Waals surface area contributed by atoms with Crippen LogP contribution in [0.25, 0.3) is 5.57 Å². The van der Waals surface area contributed by atoms with Gasteiger partial charge in [-0.05, 0) is 46.7 Å². The molecule has 1 aromatic carbocycles. The molecule has 1 heterocycles. The Morgan fingerprint density at radius 2 is 1.93 bits per heavy atom. The average molecular weight is 400 g/mol. The van der Waals surface area contributed by atoms with Crippen molar-refractivity contribution < 1.29 is 32.2 Å². The molecule has 1 aliphatic rings. The van der Waals surface area contributed by atoms with E-state index in [9.17, 15) is 22.4 Å². The van der Waals surface area contributed by atoms with Crippen LogP contribution in [0.3, 0.4) is 0 Å². The zero-order valence-electron chi connectivity index (χ0n) is 14.1. The Morgan fingerprint density at radius 3 is 2.52 bits per heavy atom. The second-order valence-corrected chi connectivity index (χ2v) is 7.29. The first kappa shape index (κ1) is 19.4. The molecule has 2 aromatic rings. The van der Waals surface area contributed by atoms with Crippen molar-refractivity contribution in [2.75, 3.05) is 6.61 Å². The molecular weight excluding hydrogens is 384 g/mol. The van der Waals surface area contributed by atoms with Crippen LogP contribution in [0.4, 0.5) is 17.6 Å². The number of carbonyl (C=O) groups is 1. The van der Waals surface area contributed by atoms with E-state index in [0.29, 0.717) is 16.0 Å². The predicted octanol–water partition coefficient (Wildman–Crippen LogP) is 5.31. The van der Waals surface area contributed by atoms with Crippen molar-refractivity contribution in [3.05, 3.63) is 57.3 Å². The lowest BCUT2D eigenvalue weighted by Crippen LogP contribution is -2.12. The number of benzene rings is 1. The van der Waals surface area contributed by atoms with E-state index in [-0.39, 0.29) is 25.0 Å². The van der Waals surface area contributed by atoms with Gasteiger partial charge in [-0.15, -0.1) is 11.3 Å². The molecule has 1 aliphatic carbocycles. The summed E-state index contributed by atoms with van der Waals surface area (Å²) in [5.74, 6) is -6.61. The largest absolute Gasteiger partial charge is 0.483 e. The number of carboxylic acids is 1. The molecule has 0 saturated carbocycles. The fourth-order valence-corrected chi connectivity index (χ4v) is 3.84. The minimum Gasteiger partial charge on any atom is -0.483 e. The van der Waals surface area contributed by atoms with E-state index < -0.39 is 42.1 Å². The summed E-state index contributed by atoms with van der Waals surface area (Å²) < 4.78 is 61.2. The van der Waals surface area contributed by atoms with Gasteiger partial charge < -0.3 is 9.84 Å². The van der Waals surface area contributed by atoms with Crippen LogP contribution in [0.15, 0.2) is 35.2 Å². The van der Waals surface area contributed by atoms with Gasteiger partial charge in [0.15, 0.2) is 17.4 Å². The van der Waals surface area contributed by atoms with Crippen molar-refractivity contribution in [2.45, 2.75) is 31.6 Å². The maximum atomic E-state index is 14.2. The number of halogens is 4. The number of ether oxygens (including phenoxy) is 1. The maximum Gasteiger partial charge on any atom is 0.303 e. The highest BCUT2D eigenvalue weighted by molar-refractivity contribution is 7.11. The van der Waals surface area contributed by atoms with Gasteiger partial charge in [-0.2, -0.15) is 0 Å². The third-order valence-electron chi connectivity index (χ3n) is 4.23. The number of allylic oxidation sites excluding steroid dienone is 1. The first-order valence-electron chi connectivity index (χ1n) is 8.20. The zero-order chi connectivity index (χ0) is 19.6. The van der Waals surface area contributed by atoms with Crippen LogP contribution in [0, 0.1) is 11.6 Å². The van der Waals surface area contributed by atoms with E-state index in [4.69, 9.17) is 9.84 Å². The number of carboxylic acid groups (broad SMARTS) is 1. The fourth-order valence-electron chi connectivity index (χ4n) is 3.02. The van der Waals surface area contributed by atoms with Gasteiger partial charge >= 0.3 is 5.97 Å². The normalized spacial score (nSPS) is 16.0. The Morgan fingerprint density at radius 1 is 1.22 bits per heavy atom. The summed E-state index contributed by atoms with van der Waals surface area (Å²) in [6.07, 6.45) is -1.22. The van der Waals surface area contributed by atoms with Crippen LogP contribution in [-0.4, -0.2) is 23.6 Å². The lowest BCUT2D eigenvalue weighted by Gasteiger charge is -2.12. The van der Waals surface area contributed by atoms with E-state index in [2.05, 4.69) is 0 Å². The molecule has 1 N–H and O–H groups in total. The van der Waals surface area contributed by atoms with Gasteiger partial charge in [0.1, 0.15) is 6.61 Å². The Hall–Kier alpha value is -2.35. The Labute approximate surface area is 156 Å². The Kier molecular flexibility index (Phi) is 5.55. The molecule has 1 aromatic heterocycles. The SMILES string of the molecule is O=C(O)CCc1cc(F)c(OCC2=C(c3cccs3)CC(F)(F)C2)c(F)c1. The summed E-state index contributed by atoms with van der Waals surface area (Å²) in [6, 6.07) is 5.47. The van der Waals surface area contributed by atoms with Crippen LogP contribution >= 0.6 is 11.3 Å². The van der Waals surface area contributed by atoms with E-state index >= 15 is 0 Å². The number of hydrogen-bond acceptors (Lipinski definition) is 3. The number of hydrogen-bond donors (Lipinski definition) is 1. The highest BCUT2D eigenvalue weighted by Crippen LogP contribution is 2.45. The molecule has 0 radical (unpaired) electrons. The molecule has 0 saturated heterocycles. The van der Waals surface area contributed by atoms with Gasteiger partial charge in [0.05, 0.1) is 0 Å². The van der Waals surface area contributed by atoms with E-state index in [0.717, 1.165) is 12.1 Å². The second kappa shape index (κ2) is 7.72. The van der Waals surface area contributed by atoms with Gasteiger partial charge in [-0.3, -0.25) is 4.79 Å². The molecule has 0 spiro atoms. The van der Waals surface area contributed by atoms with Gasteiger partial charge in [-0.25, -0.2) is 17.6 Å². The summed E-state index contributed by atoms with van der Waals surface area (Å²) >= 11 is 1.32. The van der Waals surface area contributed by atoms with Gasteiger partial charge in [0.2, 0.25) is 0 Å².